The van der Waals surface area contributed by atoms with Crippen LogP contribution in [-0.2, 0) is 9.53 Å². The van der Waals surface area contributed by atoms with Gasteiger partial charge in [0.25, 0.3) is 5.91 Å². The molecule has 0 aliphatic carbocycles. The zero-order valence-corrected chi connectivity index (χ0v) is 15.2. The first kappa shape index (κ1) is 17.2. The number of hydrogen-bond acceptors (Lipinski definition) is 4. The average molecular weight is 353 g/mol. The summed E-state index contributed by atoms with van der Waals surface area (Å²) < 4.78 is 6.23. The number of hydrogen-bond donors (Lipinski definition) is 1. The van der Waals surface area contributed by atoms with E-state index in [0.29, 0.717) is 4.88 Å². The zero-order valence-electron chi connectivity index (χ0n) is 14.4. The number of fused-ring (bicyclic) bond motifs is 1. The number of nitrogens with one attached hydrogen (secondary N) is 1. The molecule has 0 aliphatic heterocycles. The molecule has 25 heavy (non-hydrogen) atoms. The van der Waals surface area contributed by atoms with Crippen LogP contribution in [0, 0.1) is 20.8 Å². The van der Waals surface area contributed by atoms with E-state index in [9.17, 15) is 9.59 Å². The predicted octanol–water partition coefficient (Wildman–Crippen LogP) is 4.62. The van der Waals surface area contributed by atoms with E-state index in [4.69, 9.17) is 4.74 Å². The van der Waals surface area contributed by atoms with Gasteiger partial charge < -0.3 is 10.1 Å². The number of anilines is 1. The molecule has 5 heteroatoms. The minimum Gasteiger partial charge on any atom is -0.451 e. The Balaban J connectivity index is 1.65. The van der Waals surface area contributed by atoms with Crippen LogP contribution in [0.1, 0.15) is 26.4 Å². The van der Waals surface area contributed by atoms with E-state index in [1.165, 1.54) is 11.3 Å². The van der Waals surface area contributed by atoms with Crippen LogP contribution in [0.4, 0.5) is 5.69 Å². The van der Waals surface area contributed by atoms with Crippen molar-refractivity contribution in [2.75, 3.05) is 11.9 Å². The SMILES string of the molecule is Cc1ccc(NC(=O)COC(=O)c2sc3ccccc3c2C)c(C)c1. The largest absolute Gasteiger partial charge is 0.451 e. The zero-order chi connectivity index (χ0) is 18.0. The van der Waals surface area contributed by atoms with Gasteiger partial charge in [-0.05, 0) is 49.4 Å². The van der Waals surface area contributed by atoms with Crippen LogP contribution in [0.2, 0.25) is 0 Å². The standard InChI is InChI=1S/C20H19NO3S/c1-12-8-9-16(13(2)10-12)21-18(22)11-24-20(23)19-14(3)15-6-4-5-7-17(15)25-19/h4-10H,11H2,1-3H3,(H,21,22). The summed E-state index contributed by atoms with van der Waals surface area (Å²) in [7, 11) is 0. The molecule has 0 bridgehead atoms. The highest BCUT2D eigenvalue weighted by molar-refractivity contribution is 7.21. The quantitative estimate of drug-likeness (QED) is 0.696. The van der Waals surface area contributed by atoms with Gasteiger partial charge in [-0.3, -0.25) is 4.79 Å². The lowest BCUT2D eigenvalue weighted by atomic mass is 10.1. The molecule has 0 aliphatic rings. The molecule has 0 fully saturated rings. The van der Waals surface area contributed by atoms with Gasteiger partial charge >= 0.3 is 5.97 Å². The lowest BCUT2D eigenvalue weighted by molar-refractivity contribution is -0.119. The van der Waals surface area contributed by atoms with E-state index in [1.54, 1.807) is 0 Å². The normalized spacial score (nSPS) is 10.7. The van der Waals surface area contributed by atoms with Crippen molar-refractivity contribution >= 4 is 39.0 Å². The summed E-state index contributed by atoms with van der Waals surface area (Å²) in [6.07, 6.45) is 0. The molecule has 1 heterocycles. The Morgan fingerprint density at radius 3 is 2.56 bits per heavy atom. The van der Waals surface area contributed by atoms with E-state index in [-0.39, 0.29) is 12.5 Å². The van der Waals surface area contributed by atoms with Crippen LogP contribution in [0.25, 0.3) is 10.1 Å². The van der Waals surface area contributed by atoms with Gasteiger partial charge in [0.2, 0.25) is 0 Å². The van der Waals surface area contributed by atoms with Crippen LogP contribution in [-0.4, -0.2) is 18.5 Å². The van der Waals surface area contributed by atoms with Crippen molar-refractivity contribution < 1.29 is 14.3 Å². The molecule has 4 nitrogen and oxygen atoms in total. The van der Waals surface area contributed by atoms with Crippen LogP contribution >= 0.6 is 11.3 Å². The molecule has 0 unspecified atom stereocenters. The molecule has 3 rings (SSSR count). The third kappa shape index (κ3) is 3.72. The maximum Gasteiger partial charge on any atom is 0.349 e. The molecule has 0 saturated heterocycles. The van der Waals surface area contributed by atoms with Crippen molar-refractivity contribution in [3.05, 3.63) is 64.0 Å². The number of aryl methyl sites for hydroxylation is 3. The Kier molecular flexibility index (Phi) is 4.86. The Hall–Kier alpha value is -2.66. The third-order valence-electron chi connectivity index (χ3n) is 4.02. The van der Waals surface area contributed by atoms with Gasteiger partial charge in [-0.25, -0.2) is 4.79 Å². The van der Waals surface area contributed by atoms with Gasteiger partial charge in [-0.1, -0.05) is 35.9 Å². The molecule has 1 aromatic heterocycles. The van der Waals surface area contributed by atoms with Gasteiger partial charge in [0.15, 0.2) is 6.61 Å². The second-order valence-electron chi connectivity index (χ2n) is 6.00. The monoisotopic (exact) mass is 353 g/mol. The first-order valence-electron chi connectivity index (χ1n) is 7.98. The smallest absolute Gasteiger partial charge is 0.349 e. The highest BCUT2D eigenvalue weighted by atomic mass is 32.1. The van der Waals surface area contributed by atoms with Crippen molar-refractivity contribution in [3.8, 4) is 0 Å². The van der Waals surface area contributed by atoms with Gasteiger partial charge in [-0.15, -0.1) is 11.3 Å². The summed E-state index contributed by atoms with van der Waals surface area (Å²) >= 11 is 1.39. The maximum atomic E-state index is 12.3. The molecular formula is C20H19NO3S. The summed E-state index contributed by atoms with van der Waals surface area (Å²) in [4.78, 5) is 24.9. The number of benzene rings is 2. The first-order chi connectivity index (χ1) is 12.0. The van der Waals surface area contributed by atoms with Crippen LogP contribution < -0.4 is 5.32 Å². The number of rotatable bonds is 4. The van der Waals surface area contributed by atoms with E-state index in [2.05, 4.69) is 5.32 Å². The maximum absolute atomic E-state index is 12.3. The van der Waals surface area contributed by atoms with Crippen molar-refractivity contribution in [1.29, 1.82) is 0 Å². The molecule has 1 amide bonds. The van der Waals surface area contributed by atoms with Gasteiger partial charge in [0, 0.05) is 10.4 Å². The van der Waals surface area contributed by atoms with Crippen molar-refractivity contribution in [3.63, 3.8) is 0 Å². The highest BCUT2D eigenvalue weighted by Crippen LogP contribution is 2.30. The lowest BCUT2D eigenvalue weighted by Crippen LogP contribution is -2.21. The lowest BCUT2D eigenvalue weighted by Gasteiger charge is -2.09. The number of thiophene rings is 1. The summed E-state index contributed by atoms with van der Waals surface area (Å²) in [5.41, 5.74) is 3.72. The van der Waals surface area contributed by atoms with Crippen molar-refractivity contribution in [2.24, 2.45) is 0 Å². The molecule has 0 spiro atoms. The second-order valence-corrected chi connectivity index (χ2v) is 7.05. The topological polar surface area (TPSA) is 55.4 Å². The summed E-state index contributed by atoms with van der Waals surface area (Å²) in [5, 5.41) is 3.81. The Morgan fingerprint density at radius 2 is 1.84 bits per heavy atom. The van der Waals surface area contributed by atoms with Crippen LogP contribution in [0.15, 0.2) is 42.5 Å². The second kappa shape index (κ2) is 7.07. The molecule has 1 N–H and O–H groups in total. The van der Waals surface area contributed by atoms with E-state index in [1.807, 2.05) is 63.2 Å². The van der Waals surface area contributed by atoms with Crippen molar-refractivity contribution in [2.45, 2.75) is 20.8 Å². The summed E-state index contributed by atoms with van der Waals surface area (Å²) in [6.45, 7) is 5.51. The fraction of sp³-hybridized carbons (Fsp3) is 0.200. The van der Waals surface area contributed by atoms with Crippen LogP contribution in [0.3, 0.4) is 0 Å². The molecule has 0 atom stereocenters. The predicted molar refractivity (Wildman–Crippen MR) is 101 cm³/mol. The number of carbonyl (C=O) groups excluding carboxylic acids is 2. The Bertz CT molecular complexity index is 959. The fourth-order valence-corrected chi connectivity index (χ4v) is 3.81. The summed E-state index contributed by atoms with van der Waals surface area (Å²) in [5.74, 6) is -0.812. The van der Waals surface area contributed by atoms with Crippen molar-refractivity contribution in [1.82, 2.24) is 0 Å². The minimum atomic E-state index is -0.463. The molecule has 3 aromatic rings. The van der Waals surface area contributed by atoms with E-state index in [0.717, 1.165) is 32.5 Å². The number of carbonyl (C=O) groups is 2. The molecule has 2 aromatic carbocycles. The van der Waals surface area contributed by atoms with Gasteiger partial charge in [0.05, 0.1) is 0 Å². The van der Waals surface area contributed by atoms with Gasteiger partial charge in [-0.2, -0.15) is 0 Å². The molecule has 0 saturated carbocycles. The van der Waals surface area contributed by atoms with Crippen LogP contribution in [0.5, 0.6) is 0 Å². The average Bonchev–Trinajstić information content (AvgIpc) is 2.93. The molecule has 128 valence electrons. The first-order valence-corrected chi connectivity index (χ1v) is 8.79. The van der Waals surface area contributed by atoms with E-state index >= 15 is 0 Å². The van der Waals surface area contributed by atoms with Gasteiger partial charge in [0.1, 0.15) is 4.88 Å². The molecular weight excluding hydrogens is 334 g/mol. The number of ether oxygens (including phenoxy) is 1. The Labute approximate surface area is 150 Å². The minimum absolute atomic E-state index is 0.306. The van der Waals surface area contributed by atoms with E-state index < -0.39 is 5.97 Å². The Morgan fingerprint density at radius 1 is 1.08 bits per heavy atom. The fourth-order valence-electron chi connectivity index (χ4n) is 2.71. The number of amides is 1. The summed E-state index contributed by atoms with van der Waals surface area (Å²) in [6, 6.07) is 13.6. The highest BCUT2D eigenvalue weighted by Gasteiger charge is 2.17. The molecule has 0 radical (unpaired) electrons. The third-order valence-corrected chi connectivity index (χ3v) is 5.27. The number of esters is 1.